The van der Waals surface area contributed by atoms with Crippen LogP contribution in [0.15, 0.2) is 59.1 Å². The maximum atomic E-state index is 13.2. The summed E-state index contributed by atoms with van der Waals surface area (Å²) in [7, 11) is 1.62. The van der Waals surface area contributed by atoms with E-state index < -0.39 is 0 Å². The fraction of sp³-hybridized carbons (Fsp3) is 0.393. The van der Waals surface area contributed by atoms with E-state index in [0.29, 0.717) is 18.1 Å². The number of nitrogens with zero attached hydrogens (tertiary/aromatic N) is 3. The largest absolute Gasteiger partial charge is 0.497 e. The Morgan fingerprint density at radius 2 is 1.76 bits per heavy atom. The first-order valence-electron chi connectivity index (χ1n) is 12.5. The van der Waals surface area contributed by atoms with Crippen LogP contribution < -0.4 is 15.4 Å². The van der Waals surface area contributed by atoms with Crippen molar-refractivity contribution in [3.8, 4) is 11.4 Å². The molecule has 2 N–H and O–H groups in total. The van der Waals surface area contributed by atoms with Crippen molar-refractivity contribution in [2.45, 2.75) is 52.4 Å². The highest BCUT2D eigenvalue weighted by Gasteiger charge is 2.23. The van der Waals surface area contributed by atoms with Crippen LogP contribution in [-0.2, 0) is 10.2 Å². The van der Waals surface area contributed by atoms with Gasteiger partial charge in [-0.3, -0.25) is 4.79 Å². The van der Waals surface area contributed by atoms with Crippen LogP contribution in [0.5, 0.6) is 5.75 Å². The van der Waals surface area contributed by atoms with Crippen molar-refractivity contribution in [2.24, 2.45) is 0 Å². The zero-order valence-electron chi connectivity index (χ0n) is 22.2. The average molecular weight is 571 g/mol. The molecule has 8 nitrogen and oxygen atoms in total. The number of nitrogens with one attached hydrogen (secondary N) is 2. The van der Waals surface area contributed by atoms with Crippen molar-refractivity contribution in [3.63, 3.8) is 0 Å². The number of carbonyl (C=O) groups excluding carboxylic acids is 2. The summed E-state index contributed by atoms with van der Waals surface area (Å²) < 4.78 is 7.76. The Kier molecular flexibility index (Phi) is 9.74. The maximum Gasteiger partial charge on any atom is 0.322 e. The molecule has 9 heteroatoms. The van der Waals surface area contributed by atoms with E-state index in [1.54, 1.807) is 16.7 Å². The molecule has 3 rings (SSSR count). The fourth-order valence-corrected chi connectivity index (χ4v) is 4.06. The Morgan fingerprint density at radius 3 is 2.38 bits per heavy atom. The van der Waals surface area contributed by atoms with Gasteiger partial charge in [-0.05, 0) is 58.7 Å². The first kappa shape index (κ1) is 28.2. The third kappa shape index (κ3) is 7.82. The molecule has 0 spiro atoms. The number of halogens is 1. The number of hydrogen-bond acceptors (Lipinski definition) is 4. The van der Waals surface area contributed by atoms with Gasteiger partial charge in [0, 0.05) is 22.5 Å². The minimum absolute atomic E-state index is 0.0847. The Bertz CT molecular complexity index is 1200. The number of rotatable bonds is 10. The van der Waals surface area contributed by atoms with Gasteiger partial charge in [-0.25, -0.2) is 9.48 Å². The first-order chi connectivity index (χ1) is 17.6. The second-order valence-electron chi connectivity index (χ2n) is 9.86. The van der Waals surface area contributed by atoms with Gasteiger partial charge in [0.05, 0.1) is 24.2 Å². The molecule has 0 unspecified atom stereocenters. The van der Waals surface area contributed by atoms with Crippen LogP contribution in [0.25, 0.3) is 5.69 Å². The van der Waals surface area contributed by atoms with Gasteiger partial charge >= 0.3 is 6.03 Å². The third-order valence-corrected chi connectivity index (χ3v) is 6.52. The second-order valence-corrected chi connectivity index (χ2v) is 10.7. The van der Waals surface area contributed by atoms with Gasteiger partial charge in [0.15, 0.2) is 0 Å². The van der Waals surface area contributed by atoms with E-state index in [-0.39, 0.29) is 23.9 Å². The Hall–Kier alpha value is -3.33. The Morgan fingerprint density at radius 1 is 1.05 bits per heavy atom. The van der Waals surface area contributed by atoms with Gasteiger partial charge in [-0.2, -0.15) is 5.10 Å². The SMILES string of the molecule is CCCCCN(CC(=O)Nc1cc(C(C)(C)C)nn1-c1ccc(OC)cc1)C(=O)Nc1ccccc1Br. The van der Waals surface area contributed by atoms with Crippen LogP contribution in [0.3, 0.4) is 0 Å². The lowest BCUT2D eigenvalue weighted by molar-refractivity contribution is -0.116. The zero-order valence-corrected chi connectivity index (χ0v) is 23.8. The zero-order chi connectivity index (χ0) is 27.0. The topological polar surface area (TPSA) is 88.5 Å². The van der Waals surface area contributed by atoms with E-state index in [4.69, 9.17) is 9.84 Å². The monoisotopic (exact) mass is 569 g/mol. The van der Waals surface area contributed by atoms with E-state index in [2.05, 4.69) is 54.3 Å². The molecular weight excluding hydrogens is 534 g/mol. The lowest BCUT2D eigenvalue weighted by Crippen LogP contribution is -2.41. The fourth-order valence-electron chi connectivity index (χ4n) is 3.67. The minimum atomic E-state index is -0.322. The molecule has 37 heavy (non-hydrogen) atoms. The van der Waals surface area contributed by atoms with Gasteiger partial charge in [-0.1, -0.05) is 52.7 Å². The molecule has 0 fully saturated rings. The van der Waals surface area contributed by atoms with Gasteiger partial charge in [0.1, 0.15) is 18.1 Å². The van der Waals surface area contributed by atoms with E-state index in [9.17, 15) is 9.59 Å². The van der Waals surface area contributed by atoms with Gasteiger partial charge in [-0.15, -0.1) is 0 Å². The van der Waals surface area contributed by atoms with Crippen molar-refractivity contribution in [2.75, 3.05) is 30.8 Å². The lowest BCUT2D eigenvalue weighted by atomic mass is 9.92. The number of anilines is 2. The number of hydrogen-bond donors (Lipinski definition) is 2. The van der Waals surface area contributed by atoms with Crippen molar-refractivity contribution < 1.29 is 14.3 Å². The number of methoxy groups -OCH3 is 1. The van der Waals surface area contributed by atoms with Crippen LogP contribution in [0.1, 0.15) is 52.7 Å². The van der Waals surface area contributed by atoms with Crippen molar-refractivity contribution in [3.05, 3.63) is 64.8 Å². The van der Waals surface area contributed by atoms with Crippen LogP contribution in [-0.4, -0.2) is 46.8 Å². The second kappa shape index (κ2) is 12.8. The molecule has 0 saturated carbocycles. The highest BCUT2D eigenvalue weighted by Crippen LogP contribution is 2.27. The lowest BCUT2D eigenvalue weighted by Gasteiger charge is -2.23. The molecule has 0 saturated heterocycles. The van der Waals surface area contributed by atoms with Crippen LogP contribution in [0.4, 0.5) is 16.3 Å². The Balaban J connectivity index is 1.81. The summed E-state index contributed by atoms with van der Waals surface area (Å²) in [6.07, 6.45) is 2.80. The summed E-state index contributed by atoms with van der Waals surface area (Å²) in [6, 6.07) is 16.4. The number of aromatic nitrogens is 2. The predicted octanol–water partition coefficient (Wildman–Crippen LogP) is 6.60. The molecule has 0 aliphatic heterocycles. The number of urea groups is 1. The van der Waals surface area contributed by atoms with Gasteiger partial charge in [0.25, 0.3) is 0 Å². The summed E-state index contributed by atoms with van der Waals surface area (Å²) in [5, 5.41) is 10.7. The summed E-state index contributed by atoms with van der Waals surface area (Å²) in [5.74, 6) is 0.977. The molecule has 1 aromatic heterocycles. The molecular formula is C28H36BrN5O3. The van der Waals surface area contributed by atoms with Crippen molar-refractivity contribution in [1.29, 1.82) is 0 Å². The molecule has 0 aliphatic rings. The van der Waals surface area contributed by atoms with E-state index in [1.807, 2.05) is 54.6 Å². The average Bonchev–Trinajstić information content (AvgIpc) is 3.29. The van der Waals surface area contributed by atoms with Gasteiger partial charge < -0.3 is 20.3 Å². The summed E-state index contributed by atoms with van der Waals surface area (Å²) in [5.41, 5.74) is 2.07. The number of unbranched alkanes of at least 4 members (excludes halogenated alkanes) is 2. The van der Waals surface area contributed by atoms with Gasteiger partial charge in [0.2, 0.25) is 5.91 Å². The minimum Gasteiger partial charge on any atom is -0.497 e. The molecule has 1 heterocycles. The van der Waals surface area contributed by atoms with Crippen molar-refractivity contribution in [1.82, 2.24) is 14.7 Å². The first-order valence-corrected chi connectivity index (χ1v) is 13.3. The molecule has 0 radical (unpaired) electrons. The number of para-hydroxylation sites is 1. The number of benzene rings is 2. The Labute approximate surface area is 227 Å². The van der Waals surface area contributed by atoms with Crippen molar-refractivity contribution >= 4 is 39.4 Å². The summed E-state index contributed by atoms with van der Waals surface area (Å²) in [4.78, 5) is 27.9. The smallest absolute Gasteiger partial charge is 0.322 e. The third-order valence-electron chi connectivity index (χ3n) is 5.83. The van der Waals surface area contributed by atoms with E-state index >= 15 is 0 Å². The molecule has 3 aromatic rings. The predicted molar refractivity (Wildman–Crippen MR) is 152 cm³/mol. The normalized spacial score (nSPS) is 11.2. The standard InChI is InChI=1S/C28H36BrN5O3/c1-6-7-10-17-33(27(36)30-23-12-9-8-11-22(23)29)19-26(35)31-25-18-24(28(2,3)4)32-34(25)20-13-15-21(37-5)16-14-20/h8-9,11-16,18H,6-7,10,17,19H2,1-5H3,(H,30,36)(H,31,35). The number of carbonyl (C=O) groups is 2. The molecule has 198 valence electrons. The molecule has 0 bridgehead atoms. The molecule has 0 aliphatic carbocycles. The van der Waals surface area contributed by atoms with E-state index in [1.165, 1.54) is 0 Å². The van der Waals surface area contributed by atoms with E-state index in [0.717, 1.165) is 40.9 Å². The molecule has 3 amide bonds. The van der Waals surface area contributed by atoms with Crippen LogP contribution >= 0.6 is 15.9 Å². The maximum absolute atomic E-state index is 13.2. The van der Waals surface area contributed by atoms with Crippen LogP contribution in [0, 0.1) is 0 Å². The number of ether oxygens (including phenoxy) is 1. The van der Waals surface area contributed by atoms with Crippen LogP contribution in [0.2, 0.25) is 0 Å². The number of amides is 3. The quantitative estimate of drug-likeness (QED) is 0.269. The highest BCUT2D eigenvalue weighted by atomic mass is 79.9. The molecule has 2 aromatic carbocycles. The summed E-state index contributed by atoms with van der Waals surface area (Å²) in [6.45, 7) is 8.70. The summed E-state index contributed by atoms with van der Waals surface area (Å²) >= 11 is 3.46. The highest BCUT2D eigenvalue weighted by molar-refractivity contribution is 9.10. The molecule has 0 atom stereocenters.